The van der Waals surface area contributed by atoms with Gasteiger partial charge in [-0.3, -0.25) is 9.59 Å². The number of carbonyl (C=O) groups is 2. The molecule has 2 heterocycles. The molecule has 0 radical (unpaired) electrons. The molecule has 0 unspecified atom stereocenters. The summed E-state index contributed by atoms with van der Waals surface area (Å²) in [4.78, 5) is 25.7. The van der Waals surface area contributed by atoms with Gasteiger partial charge in [-0.25, -0.2) is 4.68 Å². The average molecular weight is 383 g/mol. The predicted molar refractivity (Wildman–Crippen MR) is 105 cm³/mol. The van der Waals surface area contributed by atoms with Crippen LogP contribution in [0.15, 0.2) is 36.4 Å². The third-order valence-corrected chi connectivity index (χ3v) is 6.47. The van der Waals surface area contributed by atoms with Gasteiger partial charge in [0.25, 0.3) is 5.91 Å². The number of thiophene rings is 1. The molecule has 0 aliphatic heterocycles. The van der Waals surface area contributed by atoms with Gasteiger partial charge in [-0.15, -0.1) is 11.3 Å². The quantitative estimate of drug-likeness (QED) is 0.718. The molecule has 2 N–H and O–H groups in total. The Kier molecular flexibility index (Phi) is 4.26. The van der Waals surface area contributed by atoms with Gasteiger partial charge in [0.1, 0.15) is 4.83 Å². The second-order valence-electron chi connectivity index (χ2n) is 7.44. The predicted octanol–water partition coefficient (Wildman–Crippen LogP) is 3.77. The Morgan fingerprint density at radius 1 is 1.33 bits per heavy atom. The highest BCUT2D eigenvalue weighted by Gasteiger charge is 2.41. The minimum Gasteiger partial charge on any atom is -0.481 e. The highest BCUT2D eigenvalue weighted by molar-refractivity contribution is 7.20. The fourth-order valence-electron chi connectivity index (χ4n) is 3.72. The van der Waals surface area contributed by atoms with Crippen molar-refractivity contribution in [1.82, 2.24) is 15.1 Å². The first-order chi connectivity index (χ1) is 12.9. The molecular weight excluding hydrogens is 362 g/mol. The van der Waals surface area contributed by atoms with Crippen molar-refractivity contribution in [2.45, 2.75) is 39.2 Å². The molecule has 1 saturated carbocycles. The van der Waals surface area contributed by atoms with Gasteiger partial charge in [0, 0.05) is 11.4 Å². The maximum atomic E-state index is 12.7. The summed E-state index contributed by atoms with van der Waals surface area (Å²) < 4.78 is 1.86. The SMILES string of the molecule is Cc1nn(-c2ccccc2)c2sc(C(=O)N[C@H]3CC[C@](C)(C(=O)O)C3)cc12. The minimum absolute atomic E-state index is 0.101. The van der Waals surface area contributed by atoms with E-state index in [4.69, 9.17) is 0 Å². The van der Waals surface area contributed by atoms with Gasteiger partial charge in [0.2, 0.25) is 0 Å². The lowest BCUT2D eigenvalue weighted by Crippen LogP contribution is -2.34. The zero-order valence-corrected chi connectivity index (χ0v) is 16.0. The van der Waals surface area contributed by atoms with Gasteiger partial charge in [0.15, 0.2) is 0 Å². The summed E-state index contributed by atoms with van der Waals surface area (Å²) >= 11 is 1.41. The number of carboxylic acids is 1. The van der Waals surface area contributed by atoms with E-state index in [1.165, 1.54) is 11.3 Å². The highest BCUT2D eigenvalue weighted by Crippen LogP contribution is 2.38. The molecule has 0 spiro atoms. The lowest BCUT2D eigenvalue weighted by molar-refractivity contribution is -0.147. The van der Waals surface area contributed by atoms with E-state index in [1.54, 1.807) is 6.92 Å². The van der Waals surface area contributed by atoms with Crippen LogP contribution in [0, 0.1) is 12.3 Å². The minimum atomic E-state index is -0.792. The normalized spacial score (nSPS) is 22.2. The van der Waals surface area contributed by atoms with Crippen LogP contribution in [0.2, 0.25) is 0 Å². The Labute approximate surface area is 160 Å². The maximum Gasteiger partial charge on any atom is 0.309 e. The van der Waals surface area contributed by atoms with Crippen LogP contribution in [0.1, 0.15) is 41.6 Å². The summed E-state index contributed by atoms with van der Waals surface area (Å²) in [6, 6.07) is 11.6. The van der Waals surface area contributed by atoms with Crippen molar-refractivity contribution in [3.05, 3.63) is 47.0 Å². The number of nitrogens with zero attached hydrogens (tertiary/aromatic N) is 2. The second-order valence-corrected chi connectivity index (χ2v) is 8.47. The van der Waals surface area contributed by atoms with Crippen molar-refractivity contribution in [1.29, 1.82) is 0 Å². The third kappa shape index (κ3) is 3.12. The zero-order valence-electron chi connectivity index (χ0n) is 15.2. The summed E-state index contributed by atoms with van der Waals surface area (Å²) in [7, 11) is 0. The zero-order chi connectivity index (χ0) is 19.2. The van der Waals surface area contributed by atoms with Crippen LogP contribution in [0.25, 0.3) is 15.9 Å². The molecule has 7 heteroatoms. The molecule has 1 amide bonds. The molecule has 27 heavy (non-hydrogen) atoms. The van der Waals surface area contributed by atoms with E-state index >= 15 is 0 Å². The lowest BCUT2D eigenvalue weighted by atomic mass is 9.89. The van der Waals surface area contributed by atoms with Crippen molar-refractivity contribution >= 4 is 33.4 Å². The van der Waals surface area contributed by atoms with E-state index in [2.05, 4.69) is 10.4 Å². The van der Waals surface area contributed by atoms with E-state index in [1.807, 2.05) is 48.0 Å². The molecule has 0 bridgehead atoms. The molecule has 1 fully saturated rings. The number of carboxylic acid groups (broad SMARTS) is 1. The molecule has 1 aliphatic rings. The van der Waals surface area contributed by atoms with Crippen LogP contribution in [0.3, 0.4) is 0 Å². The van der Waals surface area contributed by atoms with Crippen LogP contribution in [-0.4, -0.2) is 32.8 Å². The monoisotopic (exact) mass is 383 g/mol. The number of amides is 1. The van der Waals surface area contributed by atoms with Crippen LogP contribution < -0.4 is 5.32 Å². The number of rotatable bonds is 4. The van der Waals surface area contributed by atoms with Crippen LogP contribution in [-0.2, 0) is 4.79 Å². The second kappa shape index (κ2) is 6.49. The van der Waals surface area contributed by atoms with Crippen molar-refractivity contribution in [3.63, 3.8) is 0 Å². The van der Waals surface area contributed by atoms with Crippen LogP contribution >= 0.6 is 11.3 Å². The van der Waals surface area contributed by atoms with E-state index in [0.717, 1.165) is 21.6 Å². The number of hydrogen-bond acceptors (Lipinski definition) is 4. The Hall–Kier alpha value is -2.67. The Balaban J connectivity index is 1.58. The van der Waals surface area contributed by atoms with Gasteiger partial charge in [-0.2, -0.15) is 5.10 Å². The number of benzene rings is 1. The Morgan fingerprint density at radius 2 is 2.07 bits per heavy atom. The van der Waals surface area contributed by atoms with Crippen LogP contribution in [0.5, 0.6) is 0 Å². The molecule has 1 aliphatic carbocycles. The molecule has 6 nitrogen and oxygen atoms in total. The van der Waals surface area contributed by atoms with E-state index in [-0.39, 0.29) is 11.9 Å². The first-order valence-electron chi connectivity index (χ1n) is 8.96. The van der Waals surface area contributed by atoms with Crippen molar-refractivity contribution in [3.8, 4) is 5.69 Å². The third-order valence-electron chi connectivity index (χ3n) is 5.36. The van der Waals surface area contributed by atoms with Crippen molar-refractivity contribution < 1.29 is 14.7 Å². The lowest BCUT2D eigenvalue weighted by Gasteiger charge is -2.18. The van der Waals surface area contributed by atoms with Crippen LogP contribution in [0.4, 0.5) is 0 Å². The number of fused-ring (bicyclic) bond motifs is 1. The van der Waals surface area contributed by atoms with Gasteiger partial charge in [0.05, 0.1) is 21.7 Å². The summed E-state index contributed by atoms with van der Waals surface area (Å²) in [5.41, 5.74) is 1.09. The molecular formula is C20H21N3O3S. The van der Waals surface area contributed by atoms with E-state index in [9.17, 15) is 14.7 Å². The molecule has 3 aromatic rings. The van der Waals surface area contributed by atoms with Gasteiger partial charge in [-0.1, -0.05) is 18.2 Å². The molecule has 2 atom stereocenters. The van der Waals surface area contributed by atoms with Gasteiger partial charge < -0.3 is 10.4 Å². The first-order valence-corrected chi connectivity index (χ1v) is 9.78. The van der Waals surface area contributed by atoms with Gasteiger partial charge in [-0.05, 0) is 51.3 Å². The number of aryl methyl sites for hydroxylation is 1. The number of para-hydroxylation sites is 1. The largest absolute Gasteiger partial charge is 0.481 e. The maximum absolute atomic E-state index is 12.7. The molecule has 1 aromatic carbocycles. The van der Waals surface area contributed by atoms with Crippen molar-refractivity contribution in [2.24, 2.45) is 5.41 Å². The topological polar surface area (TPSA) is 84.2 Å². The van der Waals surface area contributed by atoms with E-state index in [0.29, 0.717) is 24.1 Å². The molecule has 4 rings (SSSR count). The Morgan fingerprint density at radius 3 is 2.74 bits per heavy atom. The number of aliphatic carboxylic acids is 1. The summed E-state index contributed by atoms with van der Waals surface area (Å²) in [6.45, 7) is 3.68. The number of nitrogens with one attached hydrogen (secondary N) is 1. The first kappa shape index (κ1) is 17.7. The fourth-order valence-corrected chi connectivity index (χ4v) is 4.80. The molecule has 140 valence electrons. The summed E-state index contributed by atoms with van der Waals surface area (Å²) in [6.07, 6.45) is 1.74. The van der Waals surface area contributed by atoms with Crippen molar-refractivity contribution in [2.75, 3.05) is 0 Å². The smallest absolute Gasteiger partial charge is 0.309 e. The molecule has 0 saturated heterocycles. The Bertz CT molecular complexity index is 1020. The summed E-state index contributed by atoms with van der Waals surface area (Å²) in [5.74, 6) is -0.936. The van der Waals surface area contributed by atoms with E-state index < -0.39 is 11.4 Å². The highest BCUT2D eigenvalue weighted by atomic mass is 32.1. The standard InChI is InChI=1S/C20H21N3O3S/c1-12-15-10-16(17(24)21-13-8-9-20(2,11-13)19(25)26)27-18(15)23(22-12)14-6-4-3-5-7-14/h3-7,10,13H,8-9,11H2,1-2H3,(H,21,24)(H,25,26)/t13-,20-/m0/s1. The summed E-state index contributed by atoms with van der Waals surface area (Å²) in [5, 5.41) is 17.9. The number of aromatic nitrogens is 2. The number of carbonyl (C=O) groups excluding carboxylic acids is 1. The fraction of sp³-hybridized carbons (Fsp3) is 0.350. The average Bonchev–Trinajstić information content (AvgIpc) is 3.32. The number of hydrogen-bond donors (Lipinski definition) is 2. The van der Waals surface area contributed by atoms with Gasteiger partial charge >= 0.3 is 5.97 Å². The molecule has 2 aromatic heterocycles.